The van der Waals surface area contributed by atoms with Crippen molar-refractivity contribution in [1.82, 2.24) is 20.6 Å². The number of ether oxygens (including phenoxy) is 6. The highest BCUT2D eigenvalue weighted by molar-refractivity contribution is 6.00. The lowest BCUT2D eigenvalue weighted by Gasteiger charge is -2.37. The number of amides is 2. The number of fused-ring (bicyclic) bond motifs is 4. The molecule has 2 spiro atoms. The van der Waals surface area contributed by atoms with E-state index in [2.05, 4.69) is 62.5 Å². The third-order valence-corrected chi connectivity index (χ3v) is 19.5. The molecular weight excluding hydrogens is 1150 g/mol. The van der Waals surface area contributed by atoms with Gasteiger partial charge in [-0.3, -0.25) is 19.2 Å². The van der Waals surface area contributed by atoms with E-state index in [0.29, 0.717) is 120 Å². The van der Waals surface area contributed by atoms with Crippen molar-refractivity contribution in [2.24, 2.45) is 0 Å². The van der Waals surface area contributed by atoms with Gasteiger partial charge in [0.05, 0.1) is 38.4 Å². The fraction of sp³-hybridized carbons (Fsp3) is 0.444. The number of methoxy groups -OCH3 is 2. The van der Waals surface area contributed by atoms with Crippen LogP contribution in [0.1, 0.15) is 142 Å². The van der Waals surface area contributed by atoms with Gasteiger partial charge in [-0.15, -0.1) is 0 Å². The van der Waals surface area contributed by atoms with Gasteiger partial charge in [-0.25, -0.2) is 8.78 Å². The predicted octanol–water partition coefficient (Wildman–Crippen LogP) is 11.6. The van der Waals surface area contributed by atoms with Crippen molar-refractivity contribution < 1.29 is 46.8 Å². The van der Waals surface area contributed by atoms with E-state index in [0.717, 1.165) is 109 Å². The van der Waals surface area contributed by atoms with E-state index < -0.39 is 0 Å². The van der Waals surface area contributed by atoms with Crippen LogP contribution in [0.4, 0.5) is 20.2 Å². The van der Waals surface area contributed by atoms with Crippen molar-refractivity contribution in [2.45, 2.75) is 129 Å². The molecule has 4 aliphatic heterocycles. The van der Waals surface area contributed by atoms with Crippen LogP contribution in [-0.2, 0) is 42.9 Å². The minimum Gasteiger partial charge on any atom is -0.496 e. The molecule has 4 N–H and O–H groups in total. The molecule has 4 fully saturated rings. The molecule has 6 aliphatic rings. The molecule has 4 saturated heterocycles. The van der Waals surface area contributed by atoms with Crippen molar-refractivity contribution in [3.63, 3.8) is 0 Å². The average molecular weight is 1230 g/mol. The maximum atomic E-state index is 16.2. The molecule has 0 saturated carbocycles. The topological polar surface area (TPSA) is 186 Å². The predicted molar refractivity (Wildman–Crippen MR) is 347 cm³/mol. The van der Waals surface area contributed by atoms with Gasteiger partial charge < -0.3 is 58.8 Å². The summed E-state index contributed by atoms with van der Waals surface area (Å²) in [6.45, 7) is 18.4. The Bertz CT molecular complexity index is 3870. The van der Waals surface area contributed by atoms with Crippen LogP contribution in [0.15, 0.2) is 82.4 Å². The highest BCUT2D eigenvalue weighted by atomic mass is 19.1. The number of pyridine rings is 2. The molecule has 6 heterocycles. The molecule has 12 rings (SSSR count). The molecule has 90 heavy (non-hydrogen) atoms. The molecule has 6 aromatic rings. The quantitative estimate of drug-likeness (QED) is 0.0720. The number of aromatic nitrogens is 2. The summed E-state index contributed by atoms with van der Waals surface area (Å²) in [5, 5.41) is 5.88. The molecule has 18 heteroatoms. The lowest BCUT2D eigenvalue weighted by Crippen LogP contribution is -2.40. The summed E-state index contributed by atoms with van der Waals surface area (Å²) in [5.74, 6) is -0.499. The Morgan fingerprint density at radius 1 is 0.544 bits per heavy atom. The highest BCUT2D eigenvalue weighted by Crippen LogP contribution is 2.48. The van der Waals surface area contributed by atoms with Crippen LogP contribution in [0.5, 0.6) is 11.5 Å². The number of aryl methyl sites for hydroxylation is 2. The van der Waals surface area contributed by atoms with Crippen molar-refractivity contribution in [3.05, 3.63) is 172 Å². The molecule has 4 aromatic carbocycles. The van der Waals surface area contributed by atoms with E-state index in [4.69, 9.17) is 28.4 Å². The van der Waals surface area contributed by atoms with Crippen molar-refractivity contribution in [1.29, 1.82) is 0 Å². The molecule has 0 unspecified atom stereocenters. The van der Waals surface area contributed by atoms with Gasteiger partial charge in [0.25, 0.3) is 22.9 Å². The number of aromatic amines is 2. The number of nitrogens with zero attached hydrogens (tertiary/aromatic N) is 2. The zero-order chi connectivity index (χ0) is 63.4. The zero-order valence-corrected chi connectivity index (χ0v) is 53.1. The molecular formula is C72H84F2N6O10. The van der Waals surface area contributed by atoms with Crippen LogP contribution >= 0.6 is 0 Å². The number of rotatable bonds is 16. The first-order chi connectivity index (χ1) is 43.5. The molecule has 2 amide bonds. The number of nitrogens with one attached hydrogen (secondary N) is 4. The van der Waals surface area contributed by atoms with Gasteiger partial charge in [0.15, 0.2) is 0 Å². The fourth-order valence-corrected chi connectivity index (χ4v) is 14.4. The van der Waals surface area contributed by atoms with Gasteiger partial charge in [-0.1, -0.05) is 24.3 Å². The Kier molecular flexibility index (Phi) is 19.3. The van der Waals surface area contributed by atoms with Crippen LogP contribution in [-0.4, -0.2) is 114 Å². The van der Waals surface area contributed by atoms with Crippen molar-refractivity contribution in [3.8, 4) is 33.8 Å². The van der Waals surface area contributed by atoms with Crippen LogP contribution in [0.2, 0.25) is 0 Å². The third kappa shape index (κ3) is 12.8. The van der Waals surface area contributed by atoms with Crippen LogP contribution < -0.4 is 41.0 Å². The highest BCUT2D eigenvalue weighted by Gasteiger charge is 2.40. The zero-order valence-electron chi connectivity index (χ0n) is 53.1. The van der Waals surface area contributed by atoms with Crippen LogP contribution in [0.3, 0.4) is 0 Å². The molecule has 16 nitrogen and oxygen atoms in total. The minimum atomic E-state index is -0.344. The number of carbonyl (C=O) groups excluding carboxylic acids is 2. The van der Waals surface area contributed by atoms with E-state index in [1.54, 1.807) is 50.2 Å². The average Bonchev–Trinajstić information content (AvgIpc) is 1.49. The Morgan fingerprint density at radius 2 is 0.933 bits per heavy atom. The smallest absolute Gasteiger partial charge is 0.256 e. The number of carbonyl (C=O) groups is 2. The van der Waals surface area contributed by atoms with Crippen molar-refractivity contribution >= 4 is 35.3 Å². The molecule has 0 bridgehead atoms. The van der Waals surface area contributed by atoms with Gasteiger partial charge in [0.1, 0.15) is 23.1 Å². The second kappa shape index (κ2) is 27.3. The summed E-state index contributed by atoms with van der Waals surface area (Å²) in [6, 6.07) is 18.8. The van der Waals surface area contributed by atoms with Gasteiger partial charge in [0.2, 0.25) is 0 Å². The van der Waals surface area contributed by atoms with E-state index >= 15 is 8.78 Å². The van der Waals surface area contributed by atoms with Crippen molar-refractivity contribution in [2.75, 3.05) is 90.0 Å². The van der Waals surface area contributed by atoms with E-state index in [-0.39, 0.29) is 70.6 Å². The van der Waals surface area contributed by atoms with Crippen LogP contribution in [0.25, 0.3) is 34.4 Å². The first-order valence-electron chi connectivity index (χ1n) is 31.8. The first-order valence-corrected chi connectivity index (χ1v) is 31.8. The number of anilines is 2. The number of halogens is 2. The standard InChI is InChI=1S/2C36H42FN3O5/c1-5-40(26-7-12-44-13-8-26)32-19-25(28-20-30-24(18-31(28)37)6-9-36(30)10-14-45-15-11-36)17-27(23(32)3)34(41)38-21-29-33(43-4)16-22(2)39-35(29)42;1-5-40(26-7-12-44-13-8-26)32-19-25(28-17-24-6-9-36(10-14-45-15-11-36)30(24)20-31(28)37)18-27(23(32)3)34(41)38-21-29-33(43-4)16-22(2)39-35(29)42/h2*6,9,16-20,26H,5,7-8,10-15,21H2,1-4H3,(H,38,41)(H,39,42). The minimum absolute atomic E-state index is 0.0160. The Balaban J connectivity index is 0.000000185. The summed E-state index contributed by atoms with van der Waals surface area (Å²) >= 11 is 0. The van der Waals surface area contributed by atoms with Gasteiger partial charge >= 0.3 is 0 Å². The third-order valence-electron chi connectivity index (χ3n) is 19.5. The molecule has 2 aromatic heterocycles. The van der Waals surface area contributed by atoms with Gasteiger partial charge in [-0.05, 0) is 198 Å². The maximum Gasteiger partial charge on any atom is 0.256 e. The number of hydrogen-bond donors (Lipinski definition) is 4. The summed E-state index contributed by atoms with van der Waals surface area (Å²) in [5.41, 5.74) is 11.5. The molecule has 2 aliphatic carbocycles. The normalized spacial score (nSPS) is 17.4. The monoisotopic (exact) mass is 1230 g/mol. The van der Waals surface area contributed by atoms with E-state index in [1.807, 2.05) is 44.2 Å². The van der Waals surface area contributed by atoms with Crippen LogP contribution in [0, 0.1) is 39.3 Å². The molecule has 0 atom stereocenters. The van der Waals surface area contributed by atoms with E-state index in [1.165, 1.54) is 14.2 Å². The van der Waals surface area contributed by atoms with E-state index in [9.17, 15) is 19.2 Å². The maximum absolute atomic E-state index is 16.2. The van der Waals surface area contributed by atoms with Gasteiger partial charge in [-0.2, -0.15) is 0 Å². The molecule has 476 valence electrons. The largest absolute Gasteiger partial charge is 0.496 e. The summed E-state index contributed by atoms with van der Waals surface area (Å²) in [6.07, 6.45) is 15.4. The van der Waals surface area contributed by atoms with Gasteiger partial charge in [0, 0.05) is 134 Å². The summed E-state index contributed by atoms with van der Waals surface area (Å²) in [7, 11) is 3.00. The molecule has 0 radical (unpaired) electrons. The number of H-pyrrole nitrogens is 2. The second-order valence-corrected chi connectivity index (χ2v) is 24.7. The fourth-order valence-electron chi connectivity index (χ4n) is 14.4. The first kappa shape index (κ1) is 63.7. The number of allylic oxidation sites excluding steroid dienone is 2. The Labute approximate surface area is 525 Å². The number of hydrogen-bond acceptors (Lipinski definition) is 12. The summed E-state index contributed by atoms with van der Waals surface area (Å²) in [4.78, 5) is 63.5. The number of benzene rings is 4. The summed E-state index contributed by atoms with van der Waals surface area (Å²) < 4.78 is 65.5. The lowest BCUT2D eigenvalue weighted by molar-refractivity contribution is 0.0661. The lowest BCUT2D eigenvalue weighted by atomic mass is 9.75. The Hall–Kier alpha value is -7.90. The second-order valence-electron chi connectivity index (χ2n) is 24.7. The Morgan fingerprint density at radius 3 is 1.36 bits per heavy atom. The SMILES string of the molecule is CCN(c1cc(-c2cc3c(cc2F)C2(C=C3)CCOCC2)cc(C(=O)NCc2c(OC)cc(C)[nH]c2=O)c1C)C1CCOCC1.CCN(c1cc(-c2cc3c(cc2F)C=CC32CCOCC2)cc(C(=O)NCc2c(OC)cc(C)[nH]c2=O)c1C)C1CCOCC1.